The first-order chi connectivity index (χ1) is 17.2. The van der Waals surface area contributed by atoms with Gasteiger partial charge in [-0.15, -0.1) is 0 Å². The van der Waals surface area contributed by atoms with Gasteiger partial charge in [-0.3, -0.25) is 0 Å². The zero-order valence-corrected chi connectivity index (χ0v) is 24.1. The molecule has 1 heterocycles. The molecule has 212 valence electrons. The second kappa shape index (κ2) is 8.63. The van der Waals surface area contributed by atoms with Crippen molar-refractivity contribution < 1.29 is 29.5 Å². The molecule has 37 heavy (non-hydrogen) atoms. The minimum atomic E-state index is -0.999. The van der Waals surface area contributed by atoms with Crippen LogP contribution in [0, 0.1) is 52.3 Å². The average molecular weight is 522 g/mol. The van der Waals surface area contributed by atoms with Crippen LogP contribution in [-0.2, 0) is 9.47 Å². The molecule has 6 nitrogen and oxygen atoms in total. The van der Waals surface area contributed by atoms with Crippen molar-refractivity contribution >= 4 is 0 Å². The number of ether oxygens (including phenoxy) is 3. The fourth-order valence-corrected chi connectivity index (χ4v) is 11.3. The lowest BCUT2D eigenvalue weighted by molar-refractivity contribution is -0.348. The summed E-state index contributed by atoms with van der Waals surface area (Å²) in [6.07, 6.45) is 9.45. The summed E-state index contributed by atoms with van der Waals surface area (Å²) in [5.41, 5.74) is -0.312. The standard InChI is InChI=1S/C31H52O6/c1-18(30(34)17-25(30)19(2)32)22-7-8-23-21-16-31(35-13-14-36-31)26-15-20(37-27(3,4)33)9-11-29(26,6)24(21)10-12-28(22,23)5/h18-26,32-34H,7-17H2,1-6H3/p+1/t18-,19-,20?,21?,22+,23?,24?,25+,26?,28+,29+,30-/m0/s1. The minimum Gasteiger partial charge on any atom is -0.406 e. The molecule has 6 fully saturated rings. The Kier molecular flexibility index (Phi) is 6.29. The van der Waals surface area contributed by atoms with E-state index in [-0.39, 0.29) is 28.8 Å². The van der Waals surface area contributed by atoms with E-state index in [4.69, 9.17) is 14.2 Å². The third-order valence-electron chi connectivity index (χ3n) is 13.0. The van der Waals surface area contributed by atoms with Crippen LogP contribution < -0.4 is 0 Å². The van der Waals surface area contributed by atoms with Gasteiger partial charge in [-0.25, -0.2) is 0 Å². The molecule has 0 amide bonds. The molecule has 6 heteroatoms. The quantitative estimate of drug-likeness (QED) is 0.369. The fourth-order valence-electron chi connectivity index (χ4n) is 11.3. The number of aliphatic hydroxyl groups is 5. The van der Waals surface area contributed by atoms with Crippen LogP contribution in [0.2, 0.25) is 0 Å². The molecule has 4 N–H and O–H groups in total. The summed E-state index contributed by atoms with van der Waals surface area (Å²) in [7, 11) is 0. The Bertz CT molecular complexity index is 877. The second-order valence-corrected chi connectivity index (χ2v) is 15.3. The predicted molar refractivity (Wildman–Crippen MR) is 141 cm³/mol. The van der Waals surface area contributed by atoms with Crippen molar-refractivity contribution in [2.75, 3.05) is 13.2 Å². The van der Waals surface area contributed by atoms with Crippen LogP contribution in [-0.4, -0.2) is 62.7 Å². The van der Waals surface area contributed by atoms with Gasteiger partial charge < -0.3 is 29.5 Å². The maximum atomic E-state index is 11.5. The number of rotatable bonds is 5. The molecule has 1 spiro atoms. The molecule has 0 aromatic rings. The third-order valence-corrected chi connectivity index (χ3v) is 13.0. The molecule has 6 aliphatic rings. The van der Waals surface area contributed by atoms with Crippen molar-refractivity contribution in [1.29, 1.82) is 0 Å². The Morgan fingerprint density at radius 2 is 1.54 bits per heavy atom. The molecule has 0 bridgehead atoms. The normalized spacial score (nSPS) is 52.3. The highest BCUT2D eigenvalue weighted by molar-refractivity contribution is 5.17. The molecule has 1 aliphatic heterocycles. The van der Waals surface area contributed by atoms with Crippen molar-refractivity contribution in [2.45, 2.75) is 129 Å². The maximum absolute atomic E-state index is 11.5. The number of fused-ring (bicyclic) bond motifs is 6. The van der Waals surface area contributed by atoms with Gasteiger partial charge in [0.25, 0.3) is 5.79 Å². The molecule has 5 saturated carbocycles. The predicted octanol–water partition coefficient (Wildman–Crippen LogP) is 4.39. The molecule has 1 saturated heterocycles. The van der Waals surface area contributed by atoms with Crippen LogP contribution in [0.15, 0.2) is 0 Å². The van der Waals surface area contributed by atoms with Crippen LogP contribution >= 0.6 is 0 Å². The molecule has 12 atom stereocenters. The summed E-state index contributed by atoms with van der Waals surface area (Å²) in [4.78, 5) is 0. The topological polar surface area (TPSA) is 92.0 Å². The minimum absolute atomic E-state index is 0.0314. The molecule has 5 unspecified atom stereocenters. The average Bonchev–Trinajstić information content (AvgIpc) is 3.13. The van der Waals surface area contributed by atoms with Crippen LogP contribution in [0.1, 0.15) is 99.3 Å². The highest BCUT2D eigenvalue weighted by Gasteiger charge is 2.70. The van der Waals surface area contributed by atoms with Crippen molar-refractivity contribution in [3.05, 3.63) is 0 Å². The van der Waals surface area contributed by atoms with E-state index in [2.05, 4.69) is 20.8 Å². The first-order valence-corrected chi connectivity index (χ1v) is 15.4. The summed E-state index contributed by atoms with van der Waals surface area (Å²) in [5.74, 6) is 1.43. The smallest absolute Gasteiger partial charge is 0.266 e. The van der Waals surface area contributed by atoms with Crippen molar-refractivity contribution in [1.82, 2.24) is 0 Å². The zero-order chi connectivity index (χ0) is 26.6. The summed E-state index contributed by atoms with van der Waals surface area (Å²) in [5, 5.41) is 32.1. The first kappa shape index (κ1) is 27.0. The molecule has 0 aromatic carbocycles. The van der Waals surface area contributed by atoms with Gasteiger partial charge in [-0.1, -0.05) is 20.8 Å². The van der Waals surface area contributed by atoms with Gasteiger partial charge in [0, 0.05) is 44.9 Å². The van der Waals surface area contributed by atoms with E-state index in [1.807, 2.05) is 6.92 Å². The molecular weight excluding hydrogens is 468 g/mol. The van der Waals surface area contributed by atoms with Gasteiger partial charge in [0.05, 0.1) is 24.9 Å². The van der Waals surface area contributed by atoms with Crippen molar-refractivity contribution in [3.63, 3.8) is 0 Å². The fraction of sp³-hybridized carbons (Fsp3) is 1.00. The van der Waals surface area contributed by atoms with E-state index >= 15 is 0 Å². The van der Waals surface area contributed by atoms with Gasteiger partial charge in [0.2, 0.25) is 0 Å². The van der Waals surface area contributed by atoms with E-state index in [1.54, 1.807) is 13.8 Å². The molecule has 0 radical (unpaired) electrons. The molecular formula is C31H53O6+. The van der Waals surface area contributed by atoms with E-state index in [1.165, 1.54) is 25.7 Å². The van der Waals surface area contributed by atoms with Crippen molar-refractivity contribution in [2.24, 2.45) is 52.3 Å². The SMILES string of the molecule is C[C@H](O)[C@H]1C[C@]1(O)[C@@H](C)[C@H]1CCC2C3CC4(OCCO4)C4CC([OH+]C(C)(C)O)CC[C@]4(C)C3CC[C@@]21C. The lowest BCUT2D eigenvalue weighted by atomic mass is 9.43. The number of hydrogen-bond donors (Lipinski definition) is 3. The number of hydrogen-bond acceptors (Lipinski definition) is 5. The third kappa shape index (κ3) is 4.01. The van der Waals surface area contributed by atoms with Crippen LogP contribution in [0.25, 0.3) is 0 Å². The van der Waals surface area contributed by atoms with Crippen LogP contribution in [0.4, 0.5) is 0 Å². The lowest BCUT2D eigenvalue weighted by Gasteiger charge is -2.64. The van der Waals surface area contributed by atoms with Gasteiger partial charge in [-0.05, 0) is 85.9 Å². The van der Waals surface area contributed by atoms with Gasteiger partial charge in [0.15, 0.2) is 11.9 Å². The Balaban J connectivity index is 1.27. The second-order valence-electron chi connectivity index (χ2n) is 15.3. The highest BCUT2D eigenvalue weighted by Crippen LogP contribution is 2.72. The lowest BCUT2D eigenvalue weighted by Crippen LogP contribution is -2.64. The number of aliphatic hydroxyl groups excluding tert-OH is 1. The highest BCUT2D eigenvalue weighted by atomic mass is 16.7. The Morgan fingerprint density at radius 1 is 0.892 bits per heavy atom. The van der Waals surface area contributed by atoms with Gasteiger partial charge in [0.1, 0.15) is 0 Å². The Hall–Kier alpha value is -0.240. The van der Waals surface area contributed by atoms with Crippen molar-refractivity contribution in [3.8, 4) is 0 Å². The van der Waals surface area contributed by atoms with Gasteiger partial charge >= 0.3 is 0 Å². The summed E-state index contributed by atoms with van der Waals surface area (Å²) in [6.45, 7) is 14.1. The maximum Gasteiger partial charge on any atom is 0.266 e. The van der Waals surface area contributed by atoms with Gasteiger partial charge in [-0.2, -0.15) is 0 Å². The van der Waals surface area contributed by atoms with E-state index in [0.29, 0.717) is 42.8 Å². The monoisotopic (exact) mass is 521 g/mol. The Morgan fingerprint density at radius 3 is 2.16 bits per heavy atom. The summed E-state index contributed by atoms with van der Waals surface area (Å²) >= 11 is 0. The Labute approximate surface area is 223 Å². The molecule has 5 aliphatic carbocycles. The van der Waals surface area contributed by atoms with Crippen LogP contribution in [0.5, 0.6) is 0 Å². The van der Waals surface area contributed by atoms with E-state index in [0.717, 1.165) is 32.1 Å². The molecule has 6 rings (SSSR count). The van der Waals surface area contributed by atoms with E-state index in [9.17, 15) is 15.3 Å². The molecule has 0 aromatic heterocycles. The van der Waals surface area contributed by atoms with Crippen LogP contribution in [0.3, 0.4) is 0 Å². The first-order valence-electron chi connectivity index (χ1n) is 15.4. The largest absolute Gasteiger partial charge is 0.406 e. The summed E-state index contributed by atoms with van der Waals surface area (Å²) in [6, 6.07) is 0. The van der Waals surface area contributed by atoms with E-state index < -0.39 is 23.3 Å². The zero-order valence-electron chi connectivity index (χ0n) is 24.1. The summed E-state index contributed by atoms with van der Waals surface area (Å²) < 4.78 is 18.0.